The molecule has 0 spiro atoms. The summed E-state index contributed by atoms with van der Waals surface area (Å²) in [6, 6.07) is 16.1. The number of para-hydroxylation sites is 1. The molecule has 1 aliphatic rings. The van der Waals surface area contributed by atoms with Crippen molar-refractivity contribution < 1.29 is 4.79 Å². The molecule has 2 aromatic rings. The Morgan fingerprint density at radius 3 is 2.50 bits per heavy atom. The van der Waals surface area contributed by atoms with Gasteiger partial charge in [0.25, 0.3) is 0 Å². The number of nitrogens with zero attached hydrogens (tertiary/aromatic N) is 4. The van der Waals surface area contributed by atoms with Gasteiger partial charge in [-0.3, -0.25) is 14.7 Å². The number of hydrazone groups is 1. The number of hydrogen-bond donors (Lipinski definition) is 1. The van der Waals surface area contributed by atoms with E-state index in [0.29, 0.717) is 12.1 Å². The van der Waals surface area contributed by atoms with Gasteiger partial charge >= 0.3 is 0 Å². The summed E-state index contributed by atoms with van der Waals surface area (Å²) < 4.78 is 0. The molecule has 6 nitrogen and oxygen atoms in total. The van der Waals surface area contributed by atoms with Gasteiger partial charge in [-0.15, -0.1) is 0 Å². The topological polar surface area (TPSA) is 60.8 Å². The Morgan fingerprint density at radius 1 is 1.08 bits per heavy atom. The summed E-state index contributed by atoms with van der Waals surface area (Å²) in [5.74, 6) is -0.0641. The molecule has 1 saturated heterocycles. The number of carbonyl (C=O) groups excluding carboxylic acids is 1. The van der Waals surface area contributed by atoms with Crippen LogP contribution in [0, 0.1) is 0 Å². The molecule has 0 saturated carbocycles. The number of piperazine rings is 1. The number of pyridine rings is 1. The largest absolute Gasteiger partial charge is 0.369 e. The number of benzene rings is 1. The summed E-state index contributed by atoms with van der Waals surface area (Å²) in [6.07, 6.45) is 2.16. The van der Waals surface area contributed by atoms with E-state index >= 15 is 0 Å². The van der Waals surface area contributed by atoms with E-state index in [-0.39, 0.29) is 5.91 Å². The third-order valence-corrected chi connectivity index (χ3v) is 4.53. The van der Waals surface area contributed by atoms with Crippen molar-refractivity contribution in [3.8, 4) is 0 Å². The van der Waals surface area contributed by atoms with Crippen molar-refractivity contribution in [2.24, 2.45) is 5.10 Å². The summed E-state index contributed by atoms with van der Waals surface area (Å²) in [5.41, 5.74) is 5.37. The Kier molecular flexibility index (Phi) is 6.33. The van der Waals surface area contributed by atoms with Crippen LogP contribution >= 0.6 is 0 Å². The molecule has 3 rings (SSSR count). The zero-order chi connectivity index (χ0) is 18.2. The van der Waals surface area contributed by atoms with Crippen LogP contribution in [0.4, 0.5) is 5.69 Å². The highest BCUT2D eigenvalue weighted by Gasteiger charge is 2.17. The number of nitrogens with one attached hydrogen (secondary N) is 1. The summed E-state index contributed by atoms with van der Waals surface area (Å²) in [5, 5.41) is 4.14. The molecule has 0 aliphatic carbocycles. The molecule has 26 heavy (non-hydrogen) atoms. The molecule has 0 unspecified atom stereocenters. The van der Waals surface area contributed by atoms with Crippen molar-refractivity contribution in [2.45, 2.75) is 13.3 Å². The molecule has 0 radical (unpaired) electrons. The molecule has 1 aliphatic heterocycles. The van der Waals surface area contributed by atoms with Crippen LogP contribution in [0.5, 0.6) is 0 Å². The highest BCUT2D eigenvalue weighted by molar-refractivity contribution is 5.97. The van der Waals surface area contributed by atoms with E-state index in [1.165, 1.54) is 5.69 Å². The summed E-state index contributed by atoms with van der Waals surface area (Å²) in [4.78, 5) is 21.0. The van der Waals surface area contributed by atoms with Gasteiger partial charge in [0.15, 0.2) is 0 Å². The Labute approximate surface area is 154 Å². The molecule has 1 amide bonds. The summed E-state index contributed by atoms with van der Waals surface area (Å²) in [6.45, 7) is 6.51. The molecule has 0 bridgehead atoms. The second-order valence-electron chi connectivity index (χ2n) is 6.36. The van der Waals surface area contributed by atoms with Gasteiger partial charge in [-0.05, 0) is 31.2 Å². The predicted octanol–water partition coefficient (Wildman–Crippen LogP) is 2.13. The van der Waals surface area contributed by atoms with Gasteiger partial charge in [-0.25, -0.2) is 5.43 Å². The number of amides is 1. The molecular formula is C20H25N5O. The second-order valence-corrected chi connectivity index (χ2v) is 6.36. The van der Waals surface area contributed by atoms with Crippen LogP contribution in [0.3, 0.4) is 0 Å². The van der Waals surface area contributed by atoms with Crippen LogP contribution in [-0.2, 0) is 4.79 Å². The Hall–Kier alpha value is -2.73. The van der Waals surface area contributed by atoms with Gasteiger partial charge in [0, 0.05) is 51.0 Å². The summed E-state index contributed by atoms with van der Waals surface area (Å²) in [7, 11) is 0. The highest BCUT2D eigenvalue weighted by atomic mass is 16.2. The fraction of sp³-hybridized carbons (Fsp3) is 0.350. The van der Waals surface area contributed by atoms with Crippen molar-refractivity contribution in [3.63, 3.8) is 0 Å². The van der Waals surface area contributed by atoms with Crippen molar-refractivity contribution in [3.05, 3.63) is 60.4 Å². The standard InChI is InChI=1S/C20H25N5O/c1-17(19-9-5-6-11-21-19)22-23-20(26)10-12-24-13-15-25(16-14-24)18-7-3-2-4-8-18/h2-9,11H,10,12-16H2,1H3,(H,23,26)/b22-17+. The van der Waals surface area contributed by atoms with E-state index in [4.69, 9.17) is 0 Å². The lowest BCUT2D eigenvalue weighted by Crippen LogP contribution is -2.47. The van der Waals surface area contributed by atoms with Crippen molar-refractivity contribution in [1.29, 1.82) is 0 Å². The first kappa shape index (κ1) is 18.1. The molecule has 6 heteroatoms. The molecule has 136 valence electrons. The number of aromatic nitrogens is 1. The van der Waals surface area contributed by atoms with Crippen LogP contribution in [-0.4, -0.2) is 54.2 Å². The fourth-order valence-electron chi connectivity index (χ4n) is 2.96. The van der Waals surface area contributed by atoms with Gasteiger partial charge in [-0.1, -0.05) is 24.3 Å². The number of anilines is 1. The number of hydrogen-bond acceptors (Lipinski definition) is 5. The highest BCUT2D eigenvalue weighted by Crippen LogP contribution is 2.15. The van der Waals surface area contributed by atoms with Crippen molar-refractivity contribution >= 4 is 17.3 Å². The first-order chi connectivity index (χ1) is 12.7. The van der Waals surface area contributed by atoms with Crippen molar-refractivity contribution in [2.75, 3.05) is 37.6 Å². The van der Waals surface area contributed by atoms with E-state index < -0.39 is 0 Å². The maximum absolute atomic E-state index is 12.0. The van der Waals surface area contributed by atoms with Gasteiger partial charge in [0.2, 0.25) is 5.91 Å². The minimum absolute atomic E-state index is 0.0641. The third kappa shape index (κ3) is 5.13. The smallest absolute Gasteiger partial charge is 0.241 e. The first-order valence-corrected chi connectivity index (χ1v) is 8.99. The van der Waals surface area contributed by atoms with Gasteiger partial charge in [-0.2, -0.15) is 5.10 Å². The zero-order valence-electron chi connectivity index (χ0n) is 15.1. The number of rotatable bonds is 6. The quantitative estimate of drug-likeness (QED) is 0.640. The lowest BCUT2D eigenvalue weighted by Gasteiger charge is -2.36. The van der Waals surface area contributed by atoms with E-state index in [0.717, 1.165) is 38.4 Å². The van der Waals surface area contributed by atoms with Gasteiger partial charge in [0.1, 0.15) is 0 Å². The zero-order valence-corrected chi connectivity index (χ0v) is 15.1. The van der Waals surface area contributed by atoms with E-state index in [2.05, 4.69) is 49.6 Å². The Bertz CT molecular complexity index is 724. The van der Waals surface area contributed by atoms with Crippen LogP contribution in [0.2, 0.25) is 0 Å². The fourth-order valence-corrected chi connectivity index (χ4v) is 2.96. The lowest BCUT2D eigenvalue weighted by atomic mass is 10.2. The predicted molar refractivity (Wildman–Crippen MR) is 104 cm³/mol. The minimum atomic E-state index is -0.0641. The van der Waals surface area contributed by atoms with E-state index in [9.17, 15) is 4.79 Å². The molecule has 1 fully saturated rings. The SMILES string of the molecule is C/C(=N\NC(=O)CCN1CCN(c2ccccc2)CC1)c1ccccn1. The molecular weight excluding hydrogens is 326 g/mol. The molecule has 2 heterocycles. The number of carbonyl (C=O) groups is 1. The maximum Gasteiger partial charge on any atom is 0.241 e. The van der Waals surface area contributed by atoms with Crippen LogP contribution in [0.1, 0.15) is 19.0 Å². The van der Waals surface area contributed by atoms with Crippen LogP contribution in [0.15, 0.2) is 59.8 Å². The second kappa shape index (κ2) is 9.10. The monoisotopic (exact) mass is 351 g/mol. The minimum Gasteiger partial charge on any atom is -0.369 e. The van der Waals surface area contributed by atoms with Crippen LogP contribution < -0.4 is 10.3 Å². The normalized spacial score (nSPS) is 15.7. The first-order valence-electron chi connectivity index (χ1n) is 8.99. The molecule has 0 atom stereocenters. The average Bonchev–Trinajstić information content (AvgIpc) is 2.72. The lowest BCUT2D eigenvalue weighted by molar-refractivity contribution is -0.121. The Morgan fingerprint density at radius 2 is 1.81 bits per heavy atom. The van der Waals surface area contributed by atoms with E-state index in [1.54, 1.807) is 6.20 Å². The van der Waals surface area contributed by atoms with Gasteiger partial charge in [0.05, 0.1) is 11.4 Å². The maximum atomic E-state index is 12.0. The average molecular weight is 351 g/mol. The molecule has 1 N–H and O–H groups in total. The summed E-state index contributed by atoms with van der Waals surface area (Å²) >= 11 is 0. The van der Waals surface area contributed by atoms with Crippen LogP contribution in [0.25, 0.3) is 0 Å². The Balaban J connectivity index is 1.39. The molecule has 1 aromatic heterocycles. The van der Waals surface area contributed by atoms with E-state index in [1.807, 2.05) is 31.2 Å². The third-order valence-electron chi connectivity index (χ3n) is 4.53. The van der Waals surface area contributed by atoms with Gasteiger partial charge < -0.3 is 4.90 Å². The van der Waals surface area contributed by atoms with Crippen molar-refractivity contribution in [1.82, 2.24) is 15.3 Å². The molecule has 1 aromatic carbocycles.